The molecule has 0 bridgehead atoms. The highest BCUT2D eigenvalue weighted by molar-refractivity contribution is 9.10. The number of amides is 1. The first kappa shape index (κ1) is 13.6. The van der Waals surface area contributed by atoms with Crippen molar-refractivity contribution in [3.05, 3.63) is 49.1 Å². The third-order valence-corrected chi connectivity index (χ3v) is 4.64. The molecule has 1 aromatic carbocycles. The van der Waals surface area contributed by atoms with Gasteiger partial charge in [-0.05, 0) is 59.6 Å². The van der Waals surface area contributed by atoms with E-state index in [9.17, 15) is 4.79 Å². The Balaban J connectivity index is 2.23. The average molecular weight is 345 g/mol. The molecule has 0 atom stereocenters. The lowest BCUT2D eigenvalue weighted by Gasteiger charge is -2.06. The van der Waals surface area contributed by atoms with E-state index in [1.54, 1.807) is 12.1 Å². The Hall–Kier alpha value is -0.840. The van der Waals surface area contributed by atoms with Gasteiger partial charge in [0.05, 0.1) is 10.6 Å². The van der Waals surface area contributed by atoms with Crippen LogP contribution >= 0.6 is 38.9 Å². The topological polar surface area (TPSA) is 29.1 Å². The van der Waals surface area contributed by atoms with Gasteiger partial charge in [0, 0.05) is 14.4 Å². The lowest BCUT2D eigenvalue weighted by molar-refractivity contribution is 0.103. The number of benzene rings is 1. The van der Waals surface area contributed by atoms with E-state index < -0.39 is 0 Å². The van der Waals surface area contributed by atoms with Gasteiger partial charge in [-0.2, -0.15) is 0 Å². The monoisotopic (exact) mass is 343 g/mol. The molecule has 18 heavy (non-hydrogen) atoms. The summed E-state index contributed by atoms with van der Waals surface area (Å²) >= 11 is 10.8. The van der Waals surface area contributed by atoms with Gasteiger partial charge in [-0.1, -0.05) is 11.6 Å². The Bertz CT molecular complexity index is 590. The smallest absolute Gasteiger partial charge is 0.265 e. The molecular formula is C13H11BrClNOS. The third-order valence-electron chi connectivity index (χ3n) is 2.57. The van der Waals surface area contributed by atoms with Gasteiger partial charge in [-0.15, -0.1) is 11.3 Å². The van der Waals surface area contributed by atoms with Gasteiger partial charge in [0.1, 0.15) is 0 Å². The van der Waals surface area contributed by atoms with E-state index in [0.29, 0.717) is 15.6 Å². The molecule has 1 heterocycles. The Morgan fingerprint density at radius 2 is 2.06 bits per heavy atom. The van der Waals surface area contributed by atoms with Crippen LogP contribution in [0.2, 0.25) is 5.02 Å². The number of aryl methyl sites for hydroxylation is 2. The molecule has 0 fully saturated rings. The van der Waals surface area contributed by atoms with Crippen LogP contribution in [-0.2, 0) is 0 Å². The number of hydrogen-bond acceptors (Lipinski definition) is 2. The summed E-state index contributed by atoms with van der Waals surface area (Å²) in [5, 5.41) is 3.44. The maximum absolute atomic E-state index is 12.1. The lowest BCUT2D eigenvalue weighted by atomic mass is 10.2. The predicted molar refractivity (Wildman–Crippen MR) is 80.9 cm³/mol. The van der Waals surface area contributed by atoms with Gasteiger partial charge in [-0.25, -0.2) is 0 Å². The second-order valence-corrected chi connectivity index (χ2v) is 6.48. The van der Waals surface area contributed by atoms with Crippen molar-refractivity contribution in [3.63, 3.8) is 0 Å². The standard InChI is InChI=1S/C13H11BrClNOS/c1-7-5-12(18-8(7)2)13(17)16-11-6-9(15)3-4-10(11)14/h3-6H,1-2H3,(H,16,17). The predicted octanol–water partition coefficient (Wildman–Crippen LogP) is 5.03. The second-order valence-electron chi connectivity index (χ2n) is 3.93. The van der Waals surface area contributed by atoms with Crippen molar-refractivity contribution in [3.8, 4) is 0 Å². The largest absolute Gasteiger partial charge is 0.320 e. The van der Waals surface area contributed by atoms with Crippen molar-refractivity contribution in [2.45, 2.75) is 13.8 Å². The molecule has 0 aliphatic heterocycles. The van der Waals surface area contributed by atoms with Crippen molar-refractivity contribution >= 4 is 50.5 Å². The fraction of sp³-hybridized carbons (Fsp3) is 0.154. The fourth-order valence-corrected chi connectivity index (χ4v) is 2.91. The molecular weight excluding hydrogens is 334 g/mol. The molecule has 1 amide bonds. The minimum Gasteiger partial charge on any atom is -0.320 e. The highest BCUT2D eigenvalue weighted by atomic mass is 79.9. The van der Waals surface area contributed by atoms with Crippen molar-refractivity contribution in [1.82, 2.24) is 0 Å². The van der Waals surface area contributed by atoms with E-state index in [1.165, 1.54) is 11.3 Å². The zero-order valence-electron chi connectivity index (χ0n) is 9.88. The van der Waals surface area contributed by atoms with Crippen molar-refractivity contribution < 1.29 is 4.79 Å². The third kappa shape index (κ3) is 2.94. The molecule has 1 N–H and O–H groups in total. The molecule has 0 saturated heterocycles. The summed E-state index contributed by atoms with van der Waals surface area (Å²) in [5.74, 6) is -0.112. The van der Waals surface area contributed by atoms with E-state index >= 15 is 0 Å². The van der Waals surface area contributed by atoms with Gasteiger partial charge in [-0.3, -0.25) is 4.79 Å². The van der Waals surface area contributed by atoms with Crippen LogP contribution in [0.5, 0.6) is 0 Å². The Kier molecular flexibility index (Phi) is 4.10. The Labute approximate surface area is 123 Å². The average Bonchev–Trinajstić information content (AvgIpc) is 2.64. The molecule has 2 nitrogen and oxygen atoms in total. The molecule has 0 unspecified atom stereocenters. The highest BCUT2D eigenvalue weighted by Gasteiger charge is 2.12. The van der Waals surface area contributed by atoms with Gasteiger partial charge < -0.3 is 5.32 Å². The van der Waals surface area contributed by atoms with E-state index in [2.05, 4.69) is 21.2 Å². The number of halogens is 2. The van der Waals surface area contributed by atoms with Crippen LogP contribution in [-0.4, -0.2) is 5.91 Å². The first-order valence-corrected chi connectivity index (χ1v) is 7.29. The zero-order valence-corrected chi connectivity index (χ0v) is 13.0. The Morgan fingerprint density at radius 1 is 1.33 bits per heavy atom. The number of hydrogen-bond donors (Lipinski definition) is 1. The van der Waals surface area contributed by atoms with Crippen LogP contribution in [0.4, 0.5) is 5.69 Å². The van der Waals surface area contributed by atoms with Crippen LogP contribution in [0.3, 0.4) is 0 Å². The zero-order chi connectivity index (χ0) is 13.3. The number of carbonyl (C=O) groups excluding carboxylic acids is 1. The molecule has 1 aromatic heterocycles. The van der Waals surface area contributed by atoms with Crippen LogP contribution in [0.25, 0.3) is 0 Å². The van der Waals surface area contributed by atoms with Crippen LogP contribution in [0, 0.1) is 13.8 Å². The lowest BCUT2D eigenvalue weighted by Crippen LogP contribution is -2.10. The first-order chi connectivity index (χ1) is 8.47. The summed E-state index contributed by atoms with van der Waals surface area (Å²) in [4.78, 5) is 13.9. The number of nitrogens with one attached hydrogen (secondary N) is 1. The fourth-order valence-electron chi connectivity index (χ4n) is 1.46. The van der Waals surface area contributed by atoms with E-state index in [-0.39, 0.29) is 5.91 Å². The van der Waals surface area contributed by atoms with E-state index in [0.717, 1.165) is 14.9 Å². The molecule has 0 aliphatic carbocycles. The minimum absolute atomic E-state index is 0.112. The minimum atomic E-state index is -0.112. The highest BCUT2D eigenvalue weighted by Crippen LogP contribution is 2.27. The maximum atomic E-state index is 12.1. The molecule has 2 aromatic rings. The molecule has 0 aliphatic rings. The summed E-state index contributed by atoms with van der Waals surface area (Å²) in [6.45, 7) is 4.00. The summed E-state index contributed by atoms with van der Waals surface area (Å²) < 4.78 is 0.810. The van der Waals surface area contributed by atoms with Gasteiger partial charge in [0.15, 0.2) is 0 Å². The second kappa shape index (κ2) is 5.43. The number of thiophene rings is 1. The molecule has 0 saturated carbocycles. The SMILES string of the molecule is Cc1cc(C(=O)Nc2cc(Cl)ccc2Br)sc1C. The van der Waals surface area contributed by atoms with Gasteiger partial charge in [0.25, 0.3) is 5.91 Å². The van der Waals surface area contributed by atoms with E-state index in [1.807, 2.05) is 26.0 Å². The molecule has 94 valence electrons. The quantitative estimate of drug-likeness (QED) is 0.813. The van der Waals surface area contributed by atoms with Gasteiger partial charge in [0.2, 0.25) is 0 Å². The molecule has 0 spiro atoms. The molecule has 0 radical (unpaired) electrons. The summed E-state index contributed by atoms with van der Waals surface area (Å²) in [6.07, 6.45) is 0. The Morgan fingerprint density at radius 3 is 2.67 bits per heavy atom. The molecule has 2 rings (SSSR count). The molecule has 5 heteroatoms. The maximum Gasteiger partial charge on any atom is 0.265 e. The van der Waals surface area contributed by atoms with Crippen LogP contribution < -0.4 is 5.32 Å². The summed E-state index contributed by atoms with van der Waals surface area (Å²) in [7, 11) is 0. The summed E-state index contributed by atoms with van der Waals surface area (Å²) in [5.41, 5.74) is 1.81. The number of anilines is 1. The van der Waals surface area contributed by atoms with Crippen LogP contribution in [0.1, 0.15) is 20.1 Å². The van der Waals surface area contributed by atoms with Crippen molar-refractivity contribution in [2.75, 3.05) is 5.32 Å². The van der Waals surface area contributed by atoms with Crippen molar-refractivity contribution in [2.24, 2.45) is 0 Å². The number of rotatable bonds is 2. The van der Waals surface area contributed by atoms with Crippen LogP contribution in [0.15, 0.2) is 28.7 Å². The normalized spacial score (nSPS) is 10.4. The van der Waals surface area contributed by atoms with Gasteiger partial charge >= 0.3 is 0 Å². The number of carbonyl (C=O) groups is 1. The van der Waals surface area contributed by atoms with E-state index in [4.69, 9.17) is 11.6 Å². The van der Waals surface area contributed by atoms with Crippen molar-refractivity contribution in [1.29, 1.82) is 0 Å². The first-order valence-electron chi connectivity index (χ1n) is 5.31. The summed E-state index contributed by atoms with van der Waals surface area (Å²) in [6, 6.07) is 7.19.